The molecular weight excluding hydrogens is 448 g/mol. The van der Waals surface area contributed by atoms with E-state index in [9.17, 15) is 19.5 Å². The number of hydrogen-bond donors (Lipinski definition) is 3. The van der Waals surface area contributed by atoms with E-state index in [1.54, 1.807) is 27.7 Å². The van der Waals surface area contributed by atoms with Gasteiger partial charge in [-0.2, -0.15) is 0 Å². The first-order valence-electron chi connectivity index (χ1n) is 11.7. The highest BCUT2D eigenvalue weighted by Crippen LogP contribution is 2.44. The van der Waals surface area contributed by atoms with E-state index in [0.717, 1.165) is 22.3 Å². The number of nitrogens with one attached hydrogen (secondary N) is 2. The molecule has 0 spiro atoms. The molecule has 8 nitrogen and oxygen atoms in total. The number of amides is 2. The zero-order valence-corrected chi connectivity index (χ0v) is 20.8. The SMILES string of the molecule is COC(C)(C)CC(NC(=O)OCC1c2ccccc2-c2ccccc21)C(=O)N[C@@H](C(=O)O)C(C)C. The van der Waals surface area contributed by atoms with Gasteiger partial charge in [-0.25, -0.2) is 9.59 Å². The number of rotatable bonds is 10. The predicted octanol–water partition coefficient (Wildman–Crippen LogP) is 3.93. The zero-order chi connectivity index (χ0) is 25.8. The molecular formula is C27H34N2O6. The van der Waals surface area contributed by atoms with Gasteiger partial charge >= 0.3 is 12.1 Å². The van der Waals surface area contributed by atoms with Crippen molar-refractivity contribution in [3.8, 4) is 11.1 Å². The summed E-state index contributed by atoms with van der Waals surface area (Å²) in [6.45, 7) is 7.07. The Hall–Kier alpha value is -3.39. The summed E-state index contributed by atoms with van der Waals surface area (Å²) in [5, 5.41) is 14.6. The molecule has 1 unspecified atom stereocenters. The van der Waals surface area contributed by atoms with Crippen LogP contribution in [-0.4, -0.2) is 54.5 Å². The number of carboxylic acids is 1. The van der Waals surface area contributed by atoms with Gasteiger partial charge in [0.25, 0.3) is 0 Å². The van der Waals surface area contributed by atoms with Crippen LogP contribution in [0.2, 0.25) is 0 Å². The van der Waals surface area contributed by atoms with E-state index in [-0.39, 0.29) is 24.9 Å². The first-order valence-corrected chi connectivity index (χ1v) is 11.7. The lowest BCUT2D eigenvalue weighted by molar-refractivity contribution is -0.143. The number of carbonyl (C=O) groups is 3. The summed E-state index contributed by atoms with van der Waals surface area (Å²) < 4.78 is 11.0. The van der Waals surface area contributed by atoms with Crippen molar-refractivity contribution in [1.29, 1.82) is 0 Å². The second-order valence-corrected chi connectivity index (χ2v) is 9.76. The number of ether oxygens (including phenoxy) is 2. The molecule has 8 heteroatoms. The Bertz CT molecular complexity index is 1040. The highest BCUT2D eigenvalue weighted by Gasteiger charge is 2.34. The van der Waals surface area contributed by atoms with Crippen molar-refractivity contribution >= 4 is 18.0 Å². The third kappa shape index (κ3) is 6.19. The molecule has 2 aromatic rings. The van der Waals surface area contributed by atoms with Crippen LogP contribution in [0.5, 0.6) is 0 Å². The van der Waals surface area contributed by atoms with Gasteiger partial charge in [0, 0.05) is 19.4 Å². The molecule has 2 aromatic carbocycles. The Balaban J connectivity index is 1.72. The van der Waals surface area contributed by atoms with Crippen LogP contribution >= 0.6 is 0 Å². The number of alkyl carbamates (subject to hydrolysis) is 1. The van der Waals surface area contributed by atoms with E-state index >= 15 is 0 Å². The minimum absolute atomic E-state index is 0.103. The van der Waals surface area contributed by atoms with Crippen molar-refractivity contribution in [1.82, 2.24) is 10.6 Å². The van der Waals surface area contributed by atoms with Crippen LogP contribution < -0.4 is 10.6 Å². The molecule has 0 fully saturated rings. The molecule has 3 rings (SSSR count). The lowest BCUT2D eigenvalue weighted by Gasteiger charge is -2.29. The Morgan fingerprint density at radius 3 is 2.00 bits per heavy atom. The van der Waals surface area contributed by atoms with Gasteiger partial charge in [-0.3, -0.25) is 4.79 Å². The van der Waals surface area contributed by atoms with E-state index < -0.39 is 35.7 Å². The number of hydrogen-bond acceptors (Lipinski definition) is 5. The van der Waals surface area contributed by atoms with E-state index in [1.165, 1.54) is 7.11 Å². The zero-order valence-electron chi connectivity index (χ0n) is 20.8. The van der Waals surface area contributed by atoms with E-state index in [0.29, 0.717) is 0 Å². The monoisotopic (exact) mass is 482 g/mol. The molecule has 35 heavy (non-hydrogen) atoms. The molecule has 1 aliphatic carbocycles. The third-order valence-electron chi connectivity index (χ3n) is 6.43. The van der Waals surface area contributed by atoms with Crippen molar-refractivity contribution in [3.63, 3.8) is 0 Å². The smallest absolute Gasteiger partial charge is 0.407 e. The summed E-state index contributed by atoms with van der Waals surface area (Å²) in [7, 11) is 1.51. The van der Waals surface area contributed by atoms with Crippen molar-refractivity contribution in [2.45, 2.75) is 57.7 Å². The van der Waals surface area contributed by atoms with Crippen LogP contribution in [0.25, 0.3) is 11.1 Å². The minimum Gasteiger partial charge on any atom is -0.480 e. The molecule has 3 N–H and O–H groups in total. The summed E-state index contributed by atoms with van der Waals surface area (Å²) in [6.07, 6.45) is -0.625. The van der Waals surface area contributed by atoms with Crippen LogP contribution in [0.3, 0.4) is 0 Å². The van der Waals surface area contributed by atoms with Gasteiger partial charge in [-0.1, -0.05) is 62.4 Å². The number of carbonyl (C=O) groups excluding carboxylic acids is 2. The Labute approximate surface area is 206 Å². The van der Waals surface area contributed by atoms with Crippen molar-refractivity contribution in [2.75, 3.05) is 13.7 Å². The quantitative estimate of drug-likeness (QED) is 0.473. The topological polar surface area (TPSA) is 114 Å². The fourth-order valence-corrected chi connectivity index (χ4v) is 4.33. The second kappa shape index (κ2) is 10.9. The lowest BCUT2D eigenvalue weighted by atomic mass is 9.97. The average Bonchev–Trinajstić information content (AvgIpc) is 3.13. The molecule has 0 radical (unpaired) electrons. The molecule has 0 aliphatic heterocycles. The number of carboxylic acid groups (broad SMARTS) is 1. The highest BCUT2D eigenvalue weighted by atomic mass is 16.5. The summed E-state index contributed by atoms with van der Waals surface area (Å²) in [5.41, 5.74) is 3.65. The van der Waals surface area contributed by atoms with Crippen molar-refractivity contribution < 1.29 is 29.0 Å². The van der Waals surface area contributed by atoms with Crippen molar-refractivity contribution in [3.05, 3.63) is 59.7 Å². The Kier molecular flexibility index (Phi) is 8.17. The van der Waals surface area contributed by atoms with Gasteiger partial charge < -0.3 is 25.2 Å². The number of aliphatic carboxylic acids is 1. The summed E-state index contributed by atoms with van der Waals surface area (Å²) in [5.74, 6) is -2.20. The van der Waals surface area contributed by atoms with E-state index in [4.69, 9.17) is 9.47 Å². The number of benzene rings is 2. The summed E-state index contributed by atoms with van der Waals surface area (Å²) in [4.78, 5) is 37.3. The lowest BCUT2D eigenvalue weighted by Crippen LogP contribution is -2.55. The van der Waals surface area contributed by atoms with E-state index in [1.807, 2.05) is 36.4 Å². The van der Waals surface area contributed by atoms with Crippen LogP contribution in [0.4, 0.5) is 4.79 Å². The molecule has 0 saturated carbocycles. The average molecular weight is 483 g/mol. The summed E-state index contributed by atoms with van der Waals surface area (Å²) in [6, 6.07) is 13.9. The molecule has 0 aromatic heterocycles. The summed E-state index contributed by atoms with van der Waals surface area (Å²) >= 11 is 0. The van der Waals surface area contributed by atoms with Gasteiger partial charge in [-0.05, 0) is 42.0 Å². The standard InChI is InChI=1S/C27H34N2O6/c1-16(2)23(25(31)32)29-24(30)22(14-27(3,4)34-5)28-26(33)35-15-21-19-12-8-6-10-17(19)18-11-7-9-13-20(18)21/h6-13,16,21-23H,14-15H2,1-5H3,(H,28,33)(H,29,30)(H,31,32)/t22?,23-/m1/s1. The normalized spacial score (nSPS) is 14.6. The van der Waals surface area contributed by atoms with Gasteiger partial charge in [0.1, 0.15) is 18.7 Å². The van der Waals surface area contributed by atoms with Gasteiger partial charge in [0.05, 0.1) is 5.60 Å². The van der Waals surface area contributed by atoms with Crippen LogP contribution in [0, 0.1) is 5.92 Å². The van der Waals surface area contributed by atoms with Crippen LogP contribution in [0.15, 0.2) is 48.5 Å². The minimum atomic E-state index is -1.14. The van der Waals surface area contributed by atoms with Crippen LogP contribution in [-0.2, 0) is 19.1 Å². The largest absolute Gasteiger partial charge is 0.480 e. The van der Waals surface area contributed by atoms with Gasteiger partial charge in [0.15, 0.2) is 0 Å². The fraction of sp³-hybridized carbons (Fsp3) is 0.444. The Morgan fingerprint density at radius 1 is 0.971 bits per heavy atom. The number of fused-ring (bicyclic) bond motifs is 3. The molecule has 0 bridgehead atoms. The number of methoxy groups -OCH3 is 1. The first kappa shape index (κ1) is 26.2. The maximum atomic E-state index is 13.0. The molecule has 188 valence electrons. The molecule has 1 aliphatic rings. The van der Waals surface area contributed by atoms with Gasteiger partial charge in [-0.15, -0.1) is 0 Å². The maximum Gasteiger partial charge on any atom is 0.407 e. The molecule has 2 atom stereocenters. The molecule has 2 amide bonds. The van der Waals surface area contributed by atoms with Crippen molar-refractivity contribution in [2.24, 2.45) is 5.92 Å². The van der Waals surface area contributed by atoms with E-state index in [2.05, 4.69) is 22.8 Å². The Morgan fingerprint density at radius 2 is 1.51 bits per heavy atom. The maximum absolute atomic E-state index is 13.0. The fourth-order valence-electron chi connectivity index (χ4n) is 4.33. The first-order chi connectivity index (χ1) is 16.5. The van der Waals surface area contributed by atoms with Gasteiger partial charge in [0.2, 0.25) is 5.91 Å². The highest BCUT2D eigenvalue weighted by molar-refractivity contribution is 5.89. The third-order valence-corrected chi connectivity index (χ3v) is 6.43. The molecule has 0 saturated heterocycles. The van der Waals surface area contributed by atoms with Crippen LogP contribution in [0.1, 0.15) is 51.2 Å². The second-order valence-electron chi connectivity index (χ2n) is 9.76. The predicted molar refractivity (Wildman–Crippen MR) is 132 cm³/mol. The molecule has 0 heterocycles.